The van der Waals surface area contributed by atoms with Gasteiger partial charge in [-0.1, -0.05) is 66.2 Å². The van der Waals surface area contributed by atoms with Crippen molar-refractivity contribution in [2.24, 2.45) is 0 Å². The van der Waals surface area contributed by atoms with E-state index in [1.165, 1.54) is 0 Å². The van der Waals surface area contributed by atoms with E-state index in [2.05, 4.69) is 17.4 Å². The Balaban J connectivity index is 1.50. The van der Waals surface area contributed by atoms with Gasteiger partial charge in [0, 0.05) is 10.9 Å². The molecule has 0 aliphatic heterocycles. The molecule has 0 saturated carbocycles. The lowest BCUT2D eigenvalue weighted by atomic mass is 9.98. The normalized spacial score (nSPS) is 13.3. The molecular weight excluding hydrogens is 402 g/mol. The summed E-state index contributed by atoms with van der Waals surface area (Å²) in [5.74, 6) is -1.27. The second kappa shape index (κ2) is 8.20. The van der Waals surface area contributed by atoms with E-state index in [0.717, 1.165) is 22.3 Å². The molecule has 0 spiro atoms. The number of alkyl carbamates (subject to hydrolysis) is 1. The van der Waals surface area contributed by atoms with Crippen LogP contribution in [0, 0.1) is 6.92 Å². The zero-order valence-electron chi connectivity index (χ0n) is 16.3. The number of carbonyl (C=O) groups is 2. The van der Waals surface area contributed by atoms with Crippen molar-refractivity contribution in [3.8, 4) is 11.1 Å². The molecule has 0 aromatic heterocycles. The number of hydrogen-bond acceptors (Lipinski definition) is 3. The Hall–Kier alpha value is -3.31. The van der Waals surface area contributed by atoms with Crippen LogP contribution in [0.2, 0.25) is 5.02 Å². The smallest absolute Gasteiger partial charge is 0.408 e. The highest BCUT2D eigenvalue weighted by Gasteiger charge is 2.30. The van der Waals surface area contributed by atoms with E-state index >= 15 is 0 Å². The van der Waals surface area contributed by atoms with E-state index in [0.29, 0.717) is 16.1 Å². The number of fused-ring (bicyclic) bond motifs is 3. The number of rotatable bonds is 5. The first kappa shape index (κ1) is 20.0. The summed E-state index contributed by atoms with van der Waals surface area (Å²) in [6, 6.07) is 19.7. The van der Waals surface area contributed by atoms with Gasteiger partial charge in [0.1, 0.15) is 6.61 Å². The molecule has 3 aromatic carbocycles. The molecule has 0 saturated heterocycles. The minimum absolute atomic E-state index is 0.0938. The maximum Gasteiger partial charge on any atom is 0.408 e. The van der Waals surface area contributed by atoms with Gasteiger partial charge in [0.05, 0.1) is 0 Å². The Bertz CT molecular complexity index is 1080. The number of benzene rings is 3. The van der Waals surface area contributed by atoms with Crippen molar-refractivity contribution in [2.75, 3.05) is 6.61 Å². The van der Waals surface area contributed by atoms with Crippen LogP contribution in [0.4, 0.5) is 4.79 Å². The number of amides is 1. The Labute approximate surface area is 179 Å². The van der Waals surface area contributed by atoms with Gasteiger partial charge >= 0.3 is 12.1 Å². The predicted octanol–water partition coefficient (Wildman–Crippen LogP) is 5.31. The lowest BCUT2D eigenvalue weighted by Gasteiger charge is -2.19. The van der Waals surface area contributed by atoms with Crippen molar-refractivity contribution in [2.45, 2.75) is 18.9 Å². The summed E-state index contributed by atoms with van der Waals surface area (Å²) in [6.45, 7) is 1.86. The molecule has 3 aromatic rings. The lowest BCUT2D eigenvalue weighted by molar-refractivity contribution is -0.139. The molecule has 5 nitrogen and oxygen atoms in total. The third-order valence-electron chi connectivity index (χ3n) is 5.40. The van der Waals surface area contributed by atoms with E-state index in [1.54, 1.807) is 25.1 Å². The van der Waals surface area contributed by atoms with Crippen LogP contribution in [0.1, 0.15) is 34.2 Å². The topological polar surface area (TPSA) is 75.6 Å². The Morgan fingerprint density at radius 1 is 1.03 bits per heavy atom. The zero-order valence-corrected chi connectivity index (χ0v) is 17.0. The SMILES string of the molecule is Cc1cc(Cl)ccc1C(NC(=O)OCC1c2ccccc2-c2ccccc21)C(=O)O. The summed E-state index contributed by atoms with van der Waals surface area (Å²) in [4.78, 5) is 24.2. The minimum atomic E-state index is -1.22. The highest BCUT2D eigenvalue weighted by Crippen LogP contribution is 2.44. The first-order valence-corrected chi connectivity index (χ1v) is 9.94. The molecule has 0 bridgehead atoms. The van der Waals surface area contributed by atoms with Gasteiger partial charge < -0.3 is 15.2 Å². The van der Waals surface area contributed by atoms with Crippen molar-refractivity contribution in [3.05, 3.63) is 94.0 Å². The van der Waals surface area contributed by atoms with Crippen molar-refractivity contribution in [3.63, 3.8) is 0 Å². The van der Waals surface area contributed by atoms with E-state index in [-0.39, 0.29) is 12.5 Å². The fourth-order valence-corrected chi connectivity index (χ4v) is 4.22. The third-order valence-corrected chi connectivity index (χ3v) is 5.63. The van der Waals surface area contributed by atoms with Gasteiger partial charge in [-0.2, -0.15) is 0 Å². The monoisotopic (exact) mass is 421 g/mol. The van der Waals surface area contributed by atoms with Gasteiger partial charge in [-0.25, -0.2) is 9.59 Å². The Morgan fingerprint density at radius 2 is 1.63 bits per heavy atom. The number of carbonyl (C=O) groups excluding carboxylic acids is 1. The van der Waals surface area contributed by atoms with Gasteiger partial charge in [-0.15, -0.1) is 0 Å². The van der Waals surface area contributed by atoms with Gasteiger partial charge in [0.25, 0.3) is 0 Å². The maximum atomic E-state index is 12.5. The van der Waals surface area contributed by atoms with Crippen molar-refractivity contribution in [1.29, 1.82) is 0 Å². The number of carboxylic acid groups (broad SMARTS) is 1. The quantitative estimate of drug-likeness (QED) is 0.585. The van der Waals surface area contributed by atoms with Crippen LogP contribution < -0.4 is 5.32 Å². The number of halogens is 1. The zero-order chi connectivity index (χ0) is 21.3. The molecule has 0 fully saturated rings. The molecule has 1 atom stereocenters. The Morgan fingerprint density at radius 3 is 2.20 bits per heavy atom. The molecule has 4 rings (SSSR count). The molecule has 152 valence electrons. The molecule has 1 amide bonds. The highest BCUT2D eigenvalue weighted by molar-refractivity contribution is 6.30. The number of hydrogen-bond donors (Lipinski definition) is 2. The fraction of sp³-hybridized carbons (Fsp3) is 0.167. The molecular formula is C24H20ClNO4. The average molecular weight is 422 g/mol. The fourth-order valence-electron chi connectivity index (χ4n) is 3.99. The van der Waals surface area contributed by atoms with Crippen LogP contribution in [0.25, 0.3) is 11.1 Å². The van der Waals surface area contributed by atoms with Gasteiger partial charge in [0.15, 0.2) is 6.04 Å². The predicted molar refractivity (Wildman–Crippen MR) is 115 cm³/mol. The van der Waals surface area contributed by atoms with E-state index < -0.39 is 18.1 Å². The number of aliphatic carboxylic acids is 1. The summed E-state index contributed by atoms with van der Waals surface area (Å²) in [6.07, 6.45) is -0.779. The second-order valence-corrected chi connectivity index (χ2v) is 7.68. The van der Waals surface area contributed by atoms with E-state index in [1.807, 2.05) is 36.4 Å². The summed E-state index contributed by atoms with van der Waals surface area (Å²) < 4.78 is 5.47. The van der Waals surface area contributed by atoms with Crippen LogP contribution in [0.15, 0.2) is 66.7 Å². The van der Waals surface area contributed by atoms with Crippen LogP contribution >= 0.6 is 11.6 Å². The minimum Gasteiger partial charge on any atom is -0.479 e. The molecule has 1 aliphatic rings. The third kappa shape index (κ3) is 3.76. The van der Waals surface area contributed by atoms with Crippen molar-refractivity contribution >= 4 is 23.7 Å². The van der Waals surface area contributed by atoms with Crippen LogP contribution in [-0.4, -0.2) is 23.8 Å². The molecule has 30 heavy (non-hydrogen) atoms. The van der Waals surface area contributed by atoms with Gasteiger partial charge in [-0.3, -0.25) is 0 Å². The van der Waals surface area contributed by atoms with Crippen molar-refractivity contribution < 1.29 is 19.4 Å². The largest absolute Gasteiger partial charge is 0.479 e. The van der Waals surface area contributed by atoms with Gasteiger partial charge in [0.2, 0.25) is 0 Å². The van der Waals surface area contributed by atoms with Crippen LogP contribution in [0.3, 0.4) is 0 Å². The van der Waals surface area contributed by atoms with E-state index in [4.69, 9.17) is 16.3 Å². The van der Waals surface area contributed by atoms with Crippen molar-refractivity contribution in [1.82, 2.24) is 5.32 Å². The summed E-state index contributed by atoms with van der Waals surface area (Å²) in [7, 11) is 0. The maximum absolute atomic E-state index is 12.5. The van der Waals surface area contributed by atoms with Crippen LogP contribution in [-0.2, 0) is 9.53 Å². The van der Waals surface area contributed by atoms with E-state index in [9.17, 15) is 14.7 Å². The summed E-state index contributed by atoms with van der Waals surface area (Å²) in [5, 5.41) is 12.6. The van der Waals surface area contributed by atoms with Gasteiger partial charge in [-0.05, 0) is 52.4 Å². The number of ether oxygens (including phenoxy) is 1. The first-order chi connectivity index (χ1) is 14.5. The van der Waals surface area contributed by atoms with Crippen LogP contribution in [0.5, 0.6) is 0 Å². The molecule has 1 unspecified atom stereocenters. The number of nitrogens with one attached hydrogen (secondary N) is 1. The first-order valence-electron chi connectivity index (χ1n) is 9.56. The summed E-state index contributed by atoms with van der Waals surface area (Å²) >= 11 is 5.95. The average Bonchev–Trinajstić information content (AvgIpc) is 3.05. The number of carboxylic acids is 1. The molecule has 0 radical (unpaired) electrons. The standard InChI is InChI=1S/C24H20ClNO4/c1-14-12-15(25)10-11-16(14)22(23(27)28)26-24(29)30-13-21-19-8-4-2-6-17(19)18-7-3-5-9-20(18)21/h2-12,21-22H,13H2,1H3,(H,26,29)(H,27,28). The highest BCUT2D eigenvalue weighted by atomic mass is 35.5. The summed E-state index contributed by atoms with van der Waals surface area (Å²) in [5.41, 5.74) is 5.57. The molecule has 1 aliphatic carbocycles. The molecule has 0 heterocycles. The number of aryl methyl sites for hydroxylation is 1. The molecule has 6 heteroatoms. The second-order valence-electron chi connectivity index (χ2n) is 7.24. The lowest BCUT2D eigenvalue weighted by Crippen LogP contribution is -2.35. The molecule has 2 N–H and O–H groups in total. The Kier molecular flexibility index (Phi) is 5.46.